The van der Waals surface area contributed by atoms with Crippen molar-refractivity contribution in [1.82, 2.24) is 14.7 Å². The number of carbonyl (C=O) groups is 1. The first kappa shape index (κ1) is 19.8. The summed E-state index contributed by atoms with van der Waals surface area (Å²) >= 11 is 0. The van der Waals surface area contributed by atoms with Crippen LogP contribution >= 0.6 is 0 Å². The molecule has 1 fully saturated rings. The highest BCUT2D eigenvalue weighted by Gasteiger charge is 2.40. The number of fused-ring (bicyclic) bond motifs is 2. The lowest BCUT2D eigenvalue weighted by atomic mass is 9.98. The van der Waals surface area contributed by atoms with Gasteiger partial charge in [0.05, 0.1) is 18.7 Å². The van der Waals surface area contributed by atoms with E-state index in [1.165, 1.54) is 37.8 Å². The summed E-state index contributed by atoms with van der Waals surface area (Å²) in [6, 6.07) is 8.23. The van der Waals surface area contributed by atoms with E-state index in [4.69, 9.17) is 10.7 Å². The van der Waals surface area contributed by atoms with E-state index in [1.807, 2.05) is 17.0 Å². The molecule has 3 heterocycles. The normalized spacial score (nSPS) is 22.6. The summed E-state index contributed by atoms with van der Waals surface area (Å²) in [4.78, 5) is 25.0. The number of guanidine groups is 1. The molecule has 1 amide bonds. The second kappa shape index (κ2) is 8.52. The van der Waals surface area contributed by atoms with Gasteiger partial charge in [0.2, 0.25) is 5.96 Å². The molecule has 1 saturated carbocycles. The SMILES string of the molecule is NCc1cccc(CN2C(=O)C3=C(CCN(CCC4CCCC4)C3)N3CCN=C23)c1. The van der Waals surface area contributed by atoms with Crippen LogP contribution in [-0.4, -0.2) is 59.3 Å². The minimum absolute atomic E-state index is 0.144. The largest absolute Gasteiger partial charge is 0.326 e. The Morgan fingerprint density at radius 2 is 1.97 bits per heavy atom. The van der Waals surface area contributed by atoms with Gasteiger partial charge in [-0.1, -0.05) is 49.9 Å². The molecule has 0 radical (unpaired) electrons. The van der Waals surface area contributed by atoms with Gasteiger partial charge in [0, 0.05) is 38.3 Å². The number of carbonyl (C=O) groups excluding carboxylic acids is 1. The van der Waals surface area contributed by atoms with E-state index >= 15 is 0 Å². The van der Waals surface area contributed by atoms with Crippen molar-refractivity contribution in [3.05, 3.63) is 46.7 Å². The van der Waals surface area contributed by atoms with E-state index in [9.17, 15) is 4.79 Å². The second-order valence-corrected chi connectivity index (χ2v) is 9.14. The van der Waals surface area contributed by atoms with Crippen LogP contribution in [0.2, 0.25) is 0 Å². The molecule has 30 heavy (non-hydrogen) atoms. The molecule has 0 spiro atoms. The van der Waals surface area contributed by atoms with E-state index in [0.717, 1.165) is 67.7 Å². The van der Waals surface area contributed by atoms with Crippen LogP contribution in [0.5, 0.6) is 0 Å². The average molecular weight is 408 g/mol. The Balaban J connectivity index is 1.34. The Morgan fingerprint density at radius 3 is 2.80 bits per heavy atom. The Kier molecular flexibility index (Phi) is 5.61. The zero-order valence-electron chi connectivity index (χ0n) is 17.9. The molecule has 0 saturated heterocycles. The van der Waals surface area contributed by atoms with Crippen LogP contribution in [0, 0.1) is 5.92 Å². The minimum Gasteiger partial charge on any atom is -0.326 e. The molecule has 0 aromatic heterocycles. The van der Waals surface area contributed by atoms with Crippen LogP contribution in [0.15, 0.2) is 40.5 Å². The zero-order valence-corrected chi connectivity index (χ0v) is 17.9. The zero-order chi connectivity index (χ0) is 20.5. The first-order valence-corrected chi connectivity index (χ1v) is 11.6. The van der Waals surface area contributed by atoms with E-state index in [-0.39, 0.29) is 5.91 Å². The molecule has 3 aliphatic heterocycles. The summed E-state index contributed by atoms with van der Waals surface area (Å²) in [6.45, 7) is 5.69. The lowest BCUT2D eigenvalue weighted by Gasteiger charge is -2.42. The van der Waals surface area contributed by atoms with E-state index in [0.29, 0.717) is 13.1 Å². The van der Waals surface area contributed by atoms with Crippen LogP contribution in [-0.2, 0) is 17.9 Å². The summed E-state index contributed by atoms with van der Waals surface area (Å²) in [7, 11) is 0. The lowest BCUT2D eigenvalue weighted by molar-refractivity contribution is -0.125. The van der Waals surface area contributed by atoms with Gasteiger partial charge in [0.25, 0.3) is 5.91 Å². The number of nitrogens with zero attached hydrogens (tertiary/aromatic N) is 4. The van der Waals surface area contributed by atoms with E-state index in [1.54, 1.807) is 0 Å². The molecular formula is C24H33N5O. The fourth-order valence-electron chi connectivity index (χ4n) is 5.51. The van der Waals surface area contributed by atoms with E-state index < -0.39 is 0 Å². The molecule has 1 aromatic rings. The summed E-state index contributed by atoms with van der Waals surface area (Å²) in [6.07, 6.45) is 7.82. The second-order valence-electron chi connectivity index (χ2n) is 9.14. The smallest absolute Gasteiger partial charge is 0.259 e. The van der Waals surface area contributed by atoms with Gasteiger partial charge in [-0.3, -0.25) is 19.6 Å². The summed E-state index contributed by atoms with van der Waals surface area (Å²) in [5.74, 6) is 1.88. The monoisotopic (exact) mass is 407 g/mol. The maximum atomic E-state index is 13.6. The van der Waals surface area contributed by atoms with Crippen molar-refractivity contribution in [3.63, 3.8) is 0 Å². The summed E-state index contributed by atoms with van der Waals surface area (Å²) < 4.78 is 0. The molecule has 1 aromatic carbocycles. The Hall–Kier alpha value is -2.18. The first-order chi connectivity index (χ1) is 14.7. The third kappa shape index (κ3) is 3.79. The van der Waals surface area contributed by atoms with Gasteiger partial charge in [-0.2, -0.15) is 0 Å². The van der Waals surface area contributed by atoms with Gasteiger partial charge in [-0.15, -0.1) is 0 Å². The molecule has 4 aliphatic rings. The lowest BCUT2D eigenvalue weighted by Crippen LogP contribution is -2.53. The van der Waals surface area contributed by atoms with Gasteiger partial charge in [0.1, 0.15) is 0 Å². The molecule has 5 rings (SSSR count). The van der Waals surface area contributed by atoms with Crippen molar-refractivity contribution >= 4 is 11.9 Å². The van der Waals surface area contributed by atoms with Gasteiger partial charge in [0.15, 0.2) is 0 Å². The number of benzene rings is 1. The standard InChI is InChI=1S/C24H33N5O/c25-15-19-6-3-7-20(14-19)16-29-23(30)21-17-27(11-8-18-4-1-2-5-18)12-9-22(21)28-13-10-26-24(28)29/h3,6-7,14,18H,1-2,4-5,8-13,15-17,25H2. The van der Waals surface area contributed by atoms with Crippen LogP contribution in [0.3, 0.4) is 0 Å². The van der Waals surface area contributed by atoms with Crippen molar-refractivity contribution in [2.24, 2.45) is 16.6 Å². The molecule has 1 aliphatic carbocycles. The summed E-state index contributed by atoms with van der Waals surface area (Å²) in [5.41, 5.74) is 10.2. The number of hydrogen-bond donors (Lipinski definition) is 1. The van der Waals surface area contributed by atoms with Crippen molar-refractivity contribution in [3.8, 4) is 0 Å². The predicted molar refractivity (Wildman–Crippen MR) is 119 cm³/mol. The molecule has 6 heteroatoms. The third-order valence-corrected chi connectivity index (χ3v) is 7.18. The topological polar surface area (TPSA) is 65.2 Å². The number of hydrogen-bond acceptors (Lipinski definition) is 5. The van der Waals surface area contributed by atoms with Gasteiger partial charge in [-0.05, 0) is 30.0 Å². The van der Waals surface area contributed by atoms with Crippen molar-refractivity contribution in [1.29, 1.82) is 0 Å². The van der Waals surface area contributed by atoms with Crippen molar-refractivity contribution < 1.29 is 4.79 Å². The molecule has 0 atom stereocenters. The fraction of sp³-hybridized carbons (Fsp3) is 0.583. The molecule has 0 unspecified atom stereocenters. The van der Waals surface area contributed by atoms with Gasteiger partial charge >= 0.3 is 0 Å². The van der Waals surface area contributed by atoms with Crippen molar-refractivity contribution in [2.45, 2.75) is 51.6 Å². The maximum Gasteiger partial charge on any atom is 0.259 e. The van der Waals surface area contributed by atoms with E-state index in [2.05, 4.69) is 21.9 Å². The Morgan fingerprint density at radius 1 is 1.13 bits per heavy atom. The summed E-state index contributed by atoms with van der Waals surface area (Å²) in [5, 5.41) is 0. The van der Waals surface area contributed by atoms with Crippen LogP contribution in [0.1, 0.15) is 49.7 Å². The minimum atomic E-state index is 0.144. The number of rotatable bonds is 6. The van der Waals surface area contributed by atoms with Gasteiger partial charge in [-0.25, -0.2) is 0 Å². The molecule has 2 N–H and O–H groups in total. The number of nitrogens with two attached hydrogens (primary N) is 1. The highest BCUT2D eigenvalue weighted by molar-refractivity contribution is 6.09. The maximum absolute atomic E-state index is 13.6. The Bertz CT molecular complexity index is 870. The van der Waals surface area contributed by atoms with Crippen LogP contribution in [0.4, 0.5) is 0 Å². The van der Waals surface area contributed by atoms with Crippen LogP contribution in [0.25, 0.3) is 0 Å². The van der Waals surface area contributed by atoms with Crippen LogP contribution < -0.4 is 5.73 Å². The third-order valence-electron chi connectivity index (χ3n) is 7.18. The number of aliphatic imine (C=N–C) groups is 1. The first-order valence-electron chi connectivity index (χ1n) is 11.6. The highest BCUT2D eigenvalue weighted by Crippen LogP contribution is 2.33. The van der Waals surface area contributed by atoms with Crippen molar-refractivity contribution in [2.75, 3.05) is 32.7 Å². The quantitative estimate of drug-likeness (QED) is 0.787. The fourth-order valence-corrected chi connectivity index (χ4v) is 5.51. The highest BCUT2D eigenvalue weighted by atomic mass is 16.2. The van der Waals surface area contributed by atoms with Gasteiger partial charge < -0.3 is 10.6 Å². The Labute approximate surface area is 179 Å². The predicted octanol–water partition coefficient (Wildman–Crippen LogP) is 2.70. The molecule has 0 bridgehead atoms. The average Bonchev–Trinajstić information content (AvgIpc) is 3.47. The molecule has 6 nitrogen and oxygen atoms in total. The molecular weight excluding hydrogens is 374 g/mol. The number of amides is 1. The molecule has 160 valence electrons.